The van der Waals surface area contributed by atoms with Crippen LogP contribution in [0.4, 0.5) is 5.13 Å². The van der Waals surface area contributed by atoms with Crippen molar-refractivity contribution in [1.82, 2.24) is 14.8 Å². The van der Waals surface area contributed by atoms with Gasteiger partial charge >= 0.3 is 5.97 Å². The van der Waals surface area contributed by atoms with E-state index in [1.807, 2.05) is 13.8 Å². The minimum absolute atomic E-state index is 0.0265. The number of hydrogen-bond donors (Lipinski definition) is 1. The van der Waals surface area contributed by atoms with E-state index in [9.17, 15) is 14.4 Å². The Morgan fingerprint density at radius 3 is 2.59 bits per heavy atom. The van der Waals surface area contributed by atoms with E-state index in [2.05, 4.69) is 15.4 Å². The number of carbonyl (C=O) groups is 2. The molecule has 0 bridgehead atoms. The molecule has 0 unspecified atom stereocenters. The number of hydrogen-bond acceptors (Lipinski definition) is 7. The molecule has 3 rings (SSSR count). The Bertz CT molecular complexity index is 1130. The molecular weight excluding hydrogens is 392 g/mol. The highest BCUT2D eigenvalue weighted by Crippen LogP contribution is 2.26. The summed E-state index contributed by atoms with van der Waals surface area (Å²) >= 11 is 1.26. The van der Waals surface area contributed by atoms with Crippen molar-refractivity contribution in [1.29, 1.82) is 0 Å². The van der Waals surface area contributed by atoms with Gasteiger partial charge in [0.15, 0.2) is 10.8 Å². The number of aromatic nitrogens is 3. The SMILES string of the molecule is COC(=O)c1nc(NC(=O)Cc2nn(C)c(=O)c3ccccc23)sc1CC(C)C. The number of aryl methyl sites for hydroxylation is 1. The molecule has 9 heteroatoms. The lowest BCUT2D eigenvalue weighted by Gasteiger charge is -2.07. The van der Waals surface area contributed by atoms with E-state index in [0.717, 1.165) is 4.88 Å². The number of anilines is 1. The molecule has 0 radical (unpaired) electrons. The van der Waals surface area contributed by atoms with Gasteiger partial charge in [0.25, 0.3) is 5.56 Å². The monoisotopic (exact) mass is 414 g/mol. The van der Waals surface area contributed by atoms with Crippen LogP contribution in [0.1, 0.15) is 34.9 Å². The highest BCUT2D eigenvalue weighted by atomic mass is 32.1. The second-order valence-electron chi connectivity index (χ2n) is 7.03. The summed E-state index contributed by atoms with van der Waals surface area (Å²) < 4.78 is 6.02. The molecule has 8 nitrogen and oxygen atoms in total. The molecule has 0 spiro atoms. The third-order valence-electron chi connectivity index (χ3n) is 4.28. The quantitative estimate of drug-likeness (QED) is 0.622. The zero-order valence-corrected chi connectivity index (χ0v) is 17.5. The zero-order valence-electron chi connectivity index (χ0n) is 16.7. The average Bonchev–Trinajstić information content (AvgIpc) is 3.06. The van der Waals surface area contributed by atoms with Crippen molar-refractivity contribution in [2.75, 3.05) is 12.4 Å². The largest absolute Gasteiger partial charge is 0.464 e. The number of esters is 1. The van der Waals surface area contributed by atoms with Gasteiger partial charge in [-0.05, 0) is 18.4 Å². The van der Waals surface area contributed by atoms with Crippen molar-refractivity contribution in [3.8, 4) is 0 Å². The number of amides is 1. The van der Waals surface area contributed by atoms with Gasteiger partial charge in [-0.3, -0.25) is 9.59 Å². The summed E-state index contributed by atoms with van der Waals surface area (Å²) in [6.07, 6.45) is 0.631. The molecule has 2 heterocycles. The van der Waals surface area contributed by atoms with Crippen LogP contribution in [-0.4, -0.2) is 33.8 Å². The first-order valence-corrected chi connectivity index (χ1v) is 9.94. The Morgan fingerprint density at radius 2 is 1.93 bits per heavy atom. The molecule has 152 valence electrons. The molecule has 0 aliphatic carbocycles. The summed E-state index contributed by atoms with van der Waals surface area (Å²) in [7, 11) is 2.85. The van der Waals surface area contributed by atoms with Gasteiger partial charge in [0, 0.05) is 17.3 Å². The number of benzene rings is 1. The van der Waals surface area contributed by atoms with Crippen LogP contribution in [-0.2, 0) is 29.4 Å². The number of nitrogens with zero attached hydrogens (tertiary/aromatic N) is 3. The summed E-state index contributed by atoms with van der Waals surface area (Å²) in [5.74, 6) is -0.533. The van der Waals surface area contributed by atoms with Gasteiger partial charge in [-0.25, -0.2) is 14.5 Å². The Kier molecular flexibility index (Phi) is 6.07. The maximum Gasteiger partial charge on any atom is 0.357 e. The van der Waals surface area contributed by atoms with E-state index in [4.69, 9.17) is 4.74 Å². The number of carbonyl (C=O) groups excluding carboxylic acids is 2. The lowest BCUT2D eigenvalue weighted by molar-refractivity contribution is -0.115. The number of nitrogens with one attached hydrogen (secondary N) is 1. The average molecular weight is 414 g/mol. The van der Waals surface area contributed by atoms with Crippen LogP contribution in [0.3, 0.4) is 0 Å². The van der Waals surface area contributed by atoms with Gasteiger partial charge in [-0.15, -0.1) is 11.3 Å². The third-order valence-corrected chi connectivity index (χ3v) is 5.27. The predicted molar refractivity (Wildman–Crippen MR) is 111 cm³/mol. The fourth-order valence-electron chi connectivity index (χ4n) is 2.99. The number of thiazole rings is 1. The normalized spacial score (nSPS) is 11.1. The van der Waals surface area contributed by atoms with Crippen molar-refractivity contribution in [3.05, 3.63) is 50.9 Å². The van der Waals surface area contributed by atoms with Crippen molar-refractivity contribution in [2.45, 2.75) is 26.7 Å². The maximum absolute atomic E-state index is 12.6. The van der Waals surface area contributed by atoms with E-state index in [0.29, 0.717) is 33.9 Å². The second kappa shape index (κ2) is 8.52. The molecule has 0 fully saturated rings. The molecule has 2 aromatic heterocycles. The predicted octanol–water partition coefficient (Wildman–Crippen LogP) is 2.56. The zero-order chi connectivity index (χ0) is 21.1. The van der Waals surface area contributed by atoms with E-state index in [1.54, 1.807) is 31.3 Å². The van der Waals surface area contributed by atoms with Crippen molar-refractivity contribution in [3.63, 3.8) is 0 Å². The molecule has 0 saturated heterocycles. The second-order valence-corrected chi connectivity index (χ2v) is 8.11. The third kappa shape index (κ3) is 4.51. The van der Waals surface area contributed by atoms with Crippen LogP contribution in [0.15, 0.2) is 29.1 Å². The summed E-state index contributed by atoms with van der Waals surface area (Å²) in [5.41, 5.74) is 0.505. The molecule has 29 heavy (non-hydrogen) atoms. The molecule has 1 aromatic carbocycles. The molecule has 1 N–H and O–H groups in total. The first-order valence-electron chi connectivity index (χ1n) is 9.13. The molecule has 0 aliphatic rings. The van der Waals surface area contributed by atoms with Gasteiger partial charge in [0.05, 0.1) is 24.6 Å². The highest BCUT2D eigenvalue weighted by Gasteiger charge is 2.21. The first kappa shape index (κ1) is 20.7. The number of ether oxygens (including phenoxy) is 1. The fraction of sp³-hybridized carbons (Fsp3) is 0.350. The van der Waals surface area contributed by atoms with Gasteiger partial charge in [0.2, 0.25) is 5.91 Å². The minimum atomic E-state index is -0.525. The van der Waals surface area contributed by atoms with Crippen LogP contribution < -0.4 is 10.9 Å². The Labute approximate surface area is 171 Å². The highest BCUT2D eigenvalue weighted by molar-refractivity contribution is 7.16. The summed E-state index contributed by atoms with van der Waals surface area (Å²) in [5, 5.41) is 8.46. The Hall–Kier alpha value is -3.07. The van der Waals surface area contributed by atoms with Gasteiger partial charge in [-0.2, -0.15) is 5.10 Å². The van der Waals surface area contributed by atoms with Crippen LogP contribution in [0.25, 0.3) is 10.8 Å². The van der Waals surface area contributed by atoms with Crippen LogP contribution in [0, 0.1) is 5.92 Å². The van der Waals surface area contributed by atoms with Gasteiger partial charge < -0.3 is 10.1 Å². The topological polar surface area (TPSA) is 103 Å². The van der Waals surface area contributed by atoms with E-state index >= 15 is 0 Å². The van der Waals surface area contributed by atoms with E-state index in [1.165, 1.54) is 23.1 Å². The molecular formula is C20H22N4O4S. The summed E-state index contributed by atoms with van der Waals surface area (Å²) in [6.45, 7) is 4.07. The fourth-order valence-corrected chi connectivity index (χ4v) is 4.17. The van der Waals surface area contributed by atoms with Crippen LogP contribution >= 0.6 is 11.3 Å². The number of methoxy groups -OCH3 is 1. The van der Waals surface area contributed by atoms with Crippen LogP contribution in [0.5, 0.6) is 0 Å². The number of rotatable bonds is 6. The molecule has 0 saturated carbocycles. The summed E-state index contributed by atoms with van der Waals surface area (Å²) in [6, 6.07) is 7.05. The van der Waals surface area contributed by atoms with Gasteiger partial charge in [0.1, 0.15) is 0 Å². The van der Waals surface area contributed by atoms with Crippen molar-refractivity contribution < 1.29 is 14.3 Å². The van der Waals surface area contributed by atoms with Crippen molar-refractivity contribution in [2.24, 2.45) is 13.0 Å². The van der Waals surface area contributed by atoms with Gasteiger partial charge in [-0.1, -0.05) is 32.0 Å². The lowest BCUT2D eigenvalue weighted by atomic mass is 10.1. The van der Waals surface area contributed by atoms with E-state index in [-0.39, 0.29) is 23.6 Å². The standard InChI is InChI=1S/C20H22N4O4S/c1-11(2)9-15-17(19(27)28-4)22-20(29-15)21-16(25)10-14-12-7-5-6-8-13(12)18(26)24(3)23-14/h5-8,11H,9-10H2,1-4H3,(H,21,22,25). The Balaban J connectivity index is 1.86. The number of fused-ring (bicyclic) bond motifs is 1. The van der Waals surface area contributed by atoms with Crippen LogP contribution in [0.2, 0.25) is 0 Å². The Morgan fingerprint density at radius 1 is 1.24 bits per heavy atom. The first-order chi connectivity index (χ1) is 13.8. The van der Waals surface area contributed by atoms with Crippen molar-refractivity contribution >= 4 is 39.1 Å². The molecule has 0 aliphatic heterocycles. The minimum Gasteiger partial charge on any atom is -0.464 e. The molecule has 3 aromatic rings. The lowest BCUT2D eigenvalue weighted by Crippen LogP contribution is -2.24. The smallest absolute Gasteiger partial charge is 0.357 e. The van der Waals surface area contributed by atoms with E-state index < -0.39 is 5.97 Å². The summed E-state index contributed by atoms with van der Waals surface area (Å²) in [4.78, 5) is 41.8. The molecule has 1 amide bonds. The molecule has 0 atom stereocenters. The maximum atomic E-state index is 12.6.